The predicted molar refractivity (Wildman–Crippen MR) is 117 cm³/mol. The van der Waals surface area contributed by atoms with Gasteiger partial charge >= 0.3 is 0 Å². The number of rotatable bonds is 5. The van der Waals surface area contributed by atoms with Crippen molar-refractivity contribution in [1.29, 1.82) is 0 Å². The number of hydrogen-bond donors (Lipinski definition) is 1. The molecule has 0 radical (unpaired) electrons. The third kappa shape index (κ3) is 4.29. The van der Waals surface area contributed by atoms with E-state index in [4.69, 9.17) is 5.10 Å². The summed E-state index contributed by atoms with van der Waals surface area (Å²) in [6, 6.07) is 12.2. The standard InChI is InChI=1S/C22H27N7/c1-16-14-17(2)25-22(24-16)26-23-15-20-18(3)27-29(19-10-6-4-7-11-19)21(20)28-12-8-5-9-13-28/h4,6-7,10-11,14-15H,5,8-9,12-13H2,1-3H3,(H,24,25,26). The summed E-state index contributed by atoms with van der Waals surface area (Å²) < 4.78 is 2.04. The summed E-state index contributed by atoms with van der Waals surface area (Å²) in [5, 5.41) is 9.27. The molecule has 0 bridgehead atoms. The fraction of sp³-hybridized carbons (Fsp3) is 0.364. The summed E-state index contributed by atoms with van der Waals surface area (Å²) in [7, 11) is 0. The molecule has 1 N–H and O–H groups in total. The SMILES string of the molecule is Cc1cc(C)nc(NN=Cc2c(C)nn(-c3ccccc3)c2N2CCCCC2)n1. The number of benzene rings is 1. The molecule has 2 aromatic heterocycles. The summed E-state index contributed by atoms with van der Waals surface area (Å²) in [6.07, 6.45) is 5.52. The first-order chi connectivity index (χ1) is 14.1. The van der Waals surface area contributed by atoms with Gasteiger partial charge in [-0.05, 0) is 58.2 Å². The molecule has 0 unspecified atom stereocenters. The van der Waals surface area contributed by atoms with Crippen molar-refractivity contribution in [2.45, 2.75) is 40.0 Å². The zero-order chi connectivity index (χ0) is 20.2. The maximum atomic E-state index is 4.83. The van der Waals surface area contributed by atoms with Crippen LogP contribution in [0.2, 0.25) is 0 Å². The molecule has 0 amide bonds. The second-order valence-electron chi connectivity index (χ2n) is 7.46. The van der Waals surface area contributed by atoms with E-state index < -0.39 is 0 Å². The lowest BCUT2D eigenvalue weighted by molar-refractivity contribution is 0.567. The summed E-state index contributed by atoms with van der Waals surface area (Å²) in [6.45, 7) is 8.00. The molecule has 1 aromatic carbocycles. The molecule has 0 atom stereocenters. The van der Waals surface area contributed by atoms with Crippen molar-refractivity contribution in [2.24, 2.45) is 5.10 Å². The lowest BCUT2D eigenvalue weighted by atomic mass is 10.1. The summed E-state index contributed by atoms with van der Waals surface area (Å²) in [5.74, 6) is 1.60. The van der Waals surface area contributed by atoms with E-state index in [-0.39, 0.29) is 0 Å². The highest BCUT2D eigenvalue weighted by Crippen LogP contribution is 2.28. The van der Waals surface area contributed by atoms with E-state index in [1.54, 1.807) is 0 Å². The maximum Gasteiger partial charge on any atom is 0.243 e. The Morgan fingerprint density at radius 1 is 0.966 bits per heavy atom. The van der Waals surface area contributed by atoms with Crippen LogP contribution in [-0.2, 0) is 0 Å². The first kappa shape index (κ1) is 19.1. The molecule has 0 spiro atoms. The number of piperidine rings is 1. The van der Waals surface area contributed by atoms with Crippen LogP contribution in [0.4, 0.5) is 11.8 Å². The zero-order valence-corrected chi connectivity index (χ0v) is 17.3. The molecule has 7 heteroatoms. The second-order valence-corrected chi connectivity index (χ2v) is 7.46. The Morgan fingerprint density at radius 3 is 2.34 bits per heavy atom. The number of hydrazone groups is 1. The van der Waals surface area contributed by atoms with Crippen LogP contribution < -0.4 is 10.3 Å². The zero-order valence-electron chi connectivity index (χ0n) is 17.3. The van der Waals surface area contributed by atoms with E-state index in [1.165, 1.54) is 19.3 Å². The van der Waals surface area contributed by atoms with Crippen molar-refractivity contribution in [3.63, 3.8) is 0 Å². The van der Waals surface area contributed by atoms with Gasteiger partial charge < -0.3 is 4.90 Å². The monoisotopic (exact) mass is 389 g/mol. The van der Waals surface area contributed by atoms with Crippen molar-refractivity contribution in [3.05, 3.63) is 59.0 Å². The van der Waals surface area contributed by atoms with E-state index in [0.29, 0.717) is 5.95 Å². The summed E-state index contributed by atoms with van der Waals surface area (Å²) in [4.78, 5) is 11.2. The summed E-state index contributed by atoms with van der Waals surface area (Å²) >= 11 is 0. The highest BCUT2D eigenvalue weighted by Gasteiger charge is 2.22. The van der Waals surface area contributed by atoms with Gasteiger partial charge in [-0.25, -0.2) is 20.1 Å². The maximum absolute atomic E-state index is 4.83. The Kier molecular flexibility index (Phi) is 5.55. The largest absolute Gasteiger partial charge is 0.356 e. The molecule has 150 valence electrons. The number of aromatic nitrogens is 4. The molecule has 1 fully saturated rings. The van der Waals surface area contributed by atoms with Crippen LogP contribution in [0.25, 0.3) is 5.69 Å². The Labute approximate surface area is 171 Å². The van der Waals surface area contributed by atoms with E-state index in [0.717, 1.165) is 47.2 Å². The van der Waals surface area contributed by atoms with E-state index in [2.05, 4.69) is 37.5 Å². The first-order valence-electron chi connectivity index (χ1n) is 10.1. The van der Waals surface area contributed by atoms with Crippen LogP contribution in [0.5, 0.6) is 0 Å². The molecular weight excluding hydrogens is 362 g/mol. The van der Waals surface area contributed by atoms with Crippen LogP contribution in [0, 0.1) is 20.8 Å². The number of anilines is 2. The first-order valence-corrected chi connectivity index (χ1v) is 10.1. The van der Waals surface area contributed by atoms with Gasteiger partial charge in [0.15, 0.2) is 0 Å². The Bertz CT molecular complexity index is 981. The van der Waals surface area contributed by atoms with Crippen molar-refractivity contribution in [2.75, 3.05) is 23.4 Å². The van der Waals surface area contributed by atoms with Gasteiger partial charge in [-0.1, -0.05) is 18.2 Å². The molecule has 29 heavy (non-hydrogen) atoms. The van der Waals surface area contributed by atoms with Crippen molar-refractivity contribution >= 4 is 18.0 Å². The third-order valence-corrected chi connectivity index (χ3v) is 5.08. The van der Waals surface area contributed by atoms with Crippen LogP contribution in [-0.4, -0.2) is 39.1 Å². The molecule has 1 aliphatic rings. The number of hydrogen-bond acceptors (Lipinski definition) is 6. The van der Waals surface area contributed by atoms with E-state index >= 15 is 0 Å². The second kappa shape index (κ2) is 8.43. The average molecular weight is 390 g/mol. The predicted octanol–water partition coefficient (Wildman–Crippen LogP) is 4.02. The molecule has 0 aliphatic carbocycles. The van der Waals surface area contributed by atoms with Gasteiger partial charge in [-0.15, -0.1) is 0 Å². The van der Waals surface area contributed by atoms with Crippen LogP contribution in [0.1, 0.15) is 41.9 Å². The average Bonchev–Trinajstić information content (AvgIpc) is 3.05. The normalized spacial score (nSPS) is 14.5. The number of nitrogens with zero attached hydrogens (tertiary/aromatic N) is 6. The molecule has 7 nitrogen and oxygen atoms in total. The van der Waals surface area contributed by atoms with E-state index in [9.17, 15) is 0 Å². The van der Waals surface area contributed by atoms with Gasteiger partial charge in [0.25, 0.3) is 0 Å². The highest BCUT2D eigenvalue weighted by atomic mass is 15.4. The van der Waals surface area contributed by atoms with Gasteiger partial charge in [0.1, 0.15) is 5.82 Å². The van der Waals surface area contributed by atoms with Gasteiger partial charge in [0.2, 0.25) is 5.95 Å². The van der Waals surface area contributed by atoms with Crippen molar-refractivity contribution in [1.82, 2.24) is 19.7 Å². The molecule has 3 heterocycles. The topological polar surface area (TPSA) is 71.2 Å². The van der Waals surface area contributed by atoms with Gasteiger partial charge in [-0.3, -0.25) is 0 Å². The quantitative estimate of drug-likeness (QED) is 0.527. The molecule has 0 saturated carbocycles. The number of para-hydroxylation sites is 1. The Balaban J connectivity index is 1.69. The third-order valence-electron chi connectivity index (χ3n) is 5.08. The van der Waals surface area contributed by atoms with E-state index in [1.807, 2.05) is 55.9 Å². The smallest absolute Gasteiger partial charge is 0.243 e. The fourth-order valence-corrected chi connectivity index (χ4v) is 3.77. The van der Waals surface area contributed by atoms with Gasteiger partial charge in [0, 0.05) is 24.5 Å². The fourth-order valence-electron chi connectivity index (χ4n) is 3.77. The molecule has 4 rings (SSSR count). The highest BCUT2D eigenvalue weighted by molar-refractivity contribution is 5.89. The Hall–Kier alpha value is -3.22. The minimum absolute atomic E-state index is 0.506. The minimum atomic E-state index is 0.506. The minimum Gasteiger partial charge on any atom is -0.356 e. The lowest BCUT2D eigenvalue weighted by Crippen LogP contribution is -2.32. The summed E-state index contributed by atoms with van der Waals surface area (Å²) in [5.41, 5.74) is 7.82. The molecule has 1 aliphatic heterocycles. The molecular formula is C22H27N7. The number of nitrogens with one attached hydrogen (secondary N) is 1. The number of aryl methyl sites for hydroxylation is 3. The van der Waals surface area contributed by atoms with Crippen molar-refractivity contribution in [3.8, 4) is 5.69 Å². The van der Waals surface area contributed by atoms with Crippen LogP contribution in [0.15, 0.2) is 41.5 Å². The molecule has 1 saturated heterocycles. The van der Waals surface area contributed by atoms with Crippen molar-refractivity contribution < 1.29 is 0 Å². The Morgan fingerprint density at radius 2 is 1.66 bits per heavy atom. The van der Waals surface area contributed by atoms with Crippen LogP contribution in [0.3, 0.4) is 0 Å². The lowest BCUT2D eigenvalue weighted by Gasteiger charge is -2.29. The van der Waals surface area contributed by atoms with Gasteiger partial charge in [0.05, 0.1) is 23.2 Å². The van der Waals surface area contributed by atoms with Crippen LogP contribution >= 0.6 is 0 Å². The molecule has 3 aromatic rings. The van der Waals surface area contributed by atoms with Gasteiger partial charge in [-0.2, -0.15) is 10.2 Å².